The maximum atomic E-state index is 11.1. The predicted octanol–water partition coefficient (Wildman–Crippen LogP) is 1.09. The van der Waals surface area contributed by atoms with Gasteiger partial charge in [-0.2, -0.15) is 5.10 Å². The molecule has 0 bridgehead atoms. The molecule has 1 unspecified atom stereocenters. The highest BCUT2D eigenvalue weighted by atomic mass is 16.6. The fourth-order valence-electron chi connectivity index (χ4n) is 2.13. The number of aryl methyl sites for hydroxylation is 2. The van der Waals surface area contributed by atoms with Gasteiger partial charge in [0.1, 0.15) is 5.69 Å². The van der Waals surface area contributed by atoms with Gasteiger partial charge in [-0.3, -0.25) is 10.1 Å². The lowest BCUT2D eigenvalue weighted by molar-refractivity contribution is -0.384. The highest BCUT2D eigenvalue weighted by Gasteiger charge is 2.26. The number of anilines is 1. The third-order valence-electron chi connectivity index (χ3n) is 3.48. The third-order valence-corrected chi connectivity index (χ3v) is 3.48. The van der Waals surface area contributed by atoms with Gasteiger partial charge in [0.25, 0.3) is 0 Å². The Morgan fingerprint density at radius 3 is 2.90 bits per heavy atom. The average molecular weight is 298 g/mol. The van der Waals surface area contributed by atoms with E-state index in [9.17, 15) is 15.2 Å². The summed E-state index contributed by atoms with van der Waals surface area (Å²) < 4.78 is 6.84. The van der Waals surface area contributed by atoms with Crippen LogP contribution in [0.5, 0.6) is 0 Å². The second-order valence-electron chi connectivity index (χ2n) is 5.39. The second kappa shape index (κ2) is 6.86. The van der Waals surface area contributed by atoms with Crippen molar-refractivity contribution < 1.29 is 14.8 Å². The zero-order valence-electron chi connectivity index (χ0n) is 12.4. The van der Waals surface area contributed by atoms with Crippen molar-refractivity contribution in [3.05, 3.63) is 15.8 Å². The lowest BCUT2D eigenvalue weighted by Crippen LogP contribution is -2.26. The molecule has 0 aromatic carbocycles. The van der Waals surface area contributed by atoms with E-state index in [-0.39, 0.29) is 18.8 Å². The molecule has 0 radical (unpaired) electrons. The van der Waals surface area contributed by atoms with Crippen LogP contribution in [0.25, 0.3) is 0 Å². The number of nitro groups is 1. The Labute approximate surface area is 123 Å². The van der Waals surface area contributed by atoms with E-state index >= 15 is 0 Å². The fourth-order valence-corrected chi connectivity index (χ4v) is 2.13. The van der Waals surface area contributed by atoms with Crippen molar-refractivity contribution in [1.82, 2.24) is 9.78 Å². The molecule has 0 amide bonds. The Morgan fingerprint density at radius 2 is 2.33 bits per heavy atom. The molecule has 2 N–H and O–H groups in total. The standard InChI is InChI=1S/C13H22N4O4/c1-3-11-12(17(19)20)13(16(2)15-11)14-6-10(18)8-21-7-9-4-5-9/h9-10,14,18H,3-8H2,1-2H3. The number of hydrogen-bond donors (Lipinski definition) is 2. The van der Waals surface area contributed by atoms with Crippen molar-refractivity contribution in [3.8, 4) is 0 Å². The molecule has 1 fully saturated rings. The molecule has 0 spiro atoms. The van der Waals surface area contributed by atoms with Crippen LogP contribution < -0.4 is 5.32 Å². The summed E-state index contributed by atoms with van der Waals surface area (Å²) in [4.78, 5) is 10.7. The van der Waals surface area contributed by atoms with Gasteiger partial charge in [-0.1, -0.05) is 6.92 Å². The molecule has 21 heavy (non-hydrogen) atoms. The van der Waals surface area contributed by atoms with Crippen LogP contribution in [0.4, 0.5) is 11.5 Å². The van der Waals surface area contributed by atoms with Gasteiger partial charge >= 0.3 is 5.69 Å². The van der Waals surface area contributed by atoms with Crippen LogP contribution >= 0.6 is 0 Å². The number of hydrogen-bond acceptors (Lipinski definition) is 6. The Bertz CT molecular complexity index is 499. The summed E-state index contributed by atoms with van der Waals surface area (Å²) in [6.45, 7) is 2.92. The molecular weight excluding hydrogens is 276 g/mol. The smallest absolute Gasteiger partial charge is 0.333 e. The van der Waals surface area contributed by atoms with Gasteiger partial charge in [0, 0.05) is 20.2 Å². The van der Waals surface area contributed by atoms with E-state index in [1.54, 1.807) is 7.05 Å². The summed E-state index contributed by atoms with van der Waals surface area (Å²) >= 11 is 0. The van der Waals surface area contributed by atoms with E-state index in [0.717, 1.165) is 0 Å². The third kappa shape index (κ3) is 4.15. The van der Waals surface area contributed by atoms with Crippen molar-refractivity contribution in [3.63, 3.8) is 0 Å². The molecule has 1 aromatic heterocycles. The zero-order valence-corrected chi connectivity index (χ0v) is 12.4. The van der Waals surface area contributed by atoms with Gasteiger partial charge < -0.3 is 15.2 Å². The van der Waals surface area contributed by atoms with Crippen molar-refractivity contribution in [1.29, 1.82) is 0 Å². The zero-order chi connectivity index (χ0) is 15.4. The molecule has 1 aliphatic carbocycles. The maximum absolute atomic E-state index is 11.1. The van der Waals surface area contributed by atoms with Crippen LogP contribution in [0.2, 0.25) is 0 Å². The molecule has 2 rings (SSSR count). The number of rotatable bonds is 9. The van der Waals surface area contributed by atoms with Crippen molar-refractivity contribution in [2.75, 3.05) is 25.1 Å². The Hall–Kier alpha value is -1.67. The SMILES string of the molecule is CCc1nn(C)c(NCC(O)COCC2CC2)c1[N+](=O)[O-]. The maximum Gasteiger partial charge on any atom is 0.333 e. The van der Waals surface area contributed by atoms with Crippen molar-refractivity contribution >= 4 is 11.5 Å². The minimum absolute atomic E-state index is 0.0221. The van der Waals surface area contributed by atoms with Crippen LogP contribution in [0.15, 0.2) is 0 Å². The second-order valence-corrected chi connectivity index (χ2v) is 5.39. The molecule has 1 saturated carbocycles. The summed E-state index contributed by atoms with van der Waals surface area (Å²) in [5.41, 5.74) is 0.413. The van der Waals surface area contributed by atoms with E-state index in [1.165, 1.54) is 17.5 Å². The first-order valence-corrected chi connectivity index (χ1v) is 7.22. The van der Waals surface area contributed by atoms with Gasteiger partial charge in [-0.25, -0.2) is 4.68 Å². The average Bonchev–Trinajstić information content (AvgIpc) is 3.19. The summed E-state index contributed by atoms with van der Waals surface area (Å²) in [5, 5.41) is 28.0. The van der Waals surface area contributed by atoms with Crippen LogP contribution in [0.3, 0.4) is 0 Å². The van der Waals surface area contributed by atoms with E-state index < -0.39 is 11.0 Å². The lowest BCUT2D eigenvalue weighted by atomic mass is 10.3. The molecule has 1 aliphatic rings. The monoisotopic (exact) mass is 298 g/mol. The van der Waals surface area contributed by atoms with Crippen LogP contribution in [-0.4, -0.2) is 45.7 Å². The Balaban J connectivity index is 1.88. The summed E-state index contributed by atoms with van der Waals surface area (Å²) in [6.07, 6.45) is 2.19. The molecule has 8 heteroatoms. The molecule has 8 nitrogen and oxygen atoms in total. The fraction of sp³-hybridized carbons (Fsp3) is 0.769. The van der Waals surface area contributed by atoms with E-state index in [2.05, 4.69) is 10.4 Å². The van der Waals surface area contributed by atoms with Crippen LogP contribution in [0, 0.1) is 16.0 Å². The summed E-state index contributed by atoms with van der Waals surface area (Å²) in [7, 11) is 1.64. The number of aliphatic hydroxyl groups excluding tert-OH is 1. The Morgan fingerprint density at radius 1 is 1.62 bits per heavy atom. The molecule has 0 saturated heterocycles. The molecule has 118 valence electrons. The van der Waals surface area contributed by atoms with Crippen LogP contribution in [0.1, 0.15) is 25.5 Å². The topological polar surface area (TPSA) is 102 Å². The molecule has 0 aliphatic heterocycles. The first-order valence-electron chi connectivity index (χ1n) is 7.22. The number of aliphatic hydroxyl groups is 1. The van der Waals surface area contributed by atoms with Gasteiger partial charge in [-0.15, -0.1) is 0 Å². The van der Waals surface area contributed by atoms with Gasteiger partial charge in [0.05, 0.1) is 17.6 Å². The first-order chi connectivity index (χ1) is 10.0. The van der Waals surface area contributed by atoms with E-state index in [4.69, 9.17) is 4.74 Å². The molecular formula is C13H22N4O4. The number of ether oxygens (including phenoxy) is 1. The quantitative estimate of drug-likeness (QED) is 0.522. The van der Waals surface area contributed by atoms with Gasteiger partial charge in [0.15, 0.2) is 0 Å². The van der Waals surface area contributed by atoms with E-state index in [0.29, 0.717) is 30.5 Å². The van der Waals surface area contributed by atoms with E-state index in [1.807, 2.05) is 6.92 Å². The Kier molecular flexibility index (Phi) is 5.13. The predicted molar refractivity (Wildman–Crippen MR) is 77.3 cm³/mol. The number of nitrogens with one attached hydrogen (secondary N) is 1. The number of nitrogens with zero attached hydrogens (tertiary/aromatic N) is 3. The minimum Gasteiger partial charge on any atom is -0.389 e. The van der Waals surface area contributed by atoms with Crippen molar-refractivity contribution in [2.24, 2.45) is 13.0 Å². The first kappa shape index (κ1) is 15.7. The molecule has 1 aromatic rings. The minimum atomic E-state index is -0.705. The van der Waals surface area contributed by atoms with Crippen LogP contribution in [-0.2, 0) is 18.2 Å². The lowest BCUT2D eigenvalue weighted by Gasteiger charge is -2.12. The van der Waals surface area contributed by atoms with Gasteiger partial charge in [-0.05, 0) is 25.2 Å². The van der Waals surface area contributed by atoms with Crippen molar-refractivity contribution in [2.45, 2.75) is 32.3 Å². The molecule has 1 atom stereocenters. The number of aromatic nitrogens is 2. The molecule has 1 heterocycles. The summed E-state index contributed by atoms with van der Waals surface area (Å²) in [6, 6.07) is 0. The van der Waals surface area contributed by atoms with Gasteiger partial charge in [0.2, 0.25) is 5.82 Å². The largest absolute Gasteiger partial charge is 0.389 e. The normalized spacial score (nSPS) is 16.0. The highest BCUT2D eigenvalue weighted by Crippen LogP contribution is 2.29. The summed E-state index contributed by atoms with van der Waals surface area (Å²) in [5.74, 6) is 0.966. The highest BCUT2D eigenvalue weighted by molar-refractivity contribution is 5.59.